The maximum absolute atomic E-state index is 9.97. The molecule has 0 saturated carbocycles. The first-order valence-corrected chi connectivity index (χ1v) is 5.79. The molecule has 0 saturated heterocycles. The van der Waals surface area contributed by atoms with Gasteiger partial charge < -0.3 is 10.4 Å². The number of aryl methyl sites for hydroxylation is 1. The molecule has 2 nitrogen and oxygen atoms in total. The average molecular weight is 227 g/mol. The largest absolute Gasteiger partial charge is 0.387 e. The summed E-state index contributed by atoms with van der Waals surface area (Å²) in [7, 11) is 0. The van der Waals surface area contributed by atoms with E-state index in [0.717, 1.165) is 11.3 Å². The van der Waals surface area contributed by atoms with Crippen LogP contribution in [0.4, 0.5) is 5.69 Å². The van der Waals surface area contributed by atoms with Crippen LogP contribution in [0, 0.1) is 6.92 Å². The van der Waals surface area contributed by atoms with Crippen molar-refractivity contribution in [3.05, 3.63) is 65.7 Å². The smallest absolute Gasteiger partial charge is 0.0962 e. The van der Waals surface area contributed by atoms with E-state index in [1.165, 1.54) is 5.56 Å². The van der Waals surface area contributed by atoms with Crippen LogP contribution in [-0.2, 0) is 0 Å². The number of nitrogens with one attached hydrogen (secondary N) is 1. The van der Waals surface area contributed by atoms with Crippen molar-refractivity contribution >= 4 is 5.69 Å². The Balaban J connectivity index is 1.92. The summed E-state index contributed by atoms with van der Waals surface area (Å²) in [6.45, 7) is 2.58. The molecule has 2 N–H and O–H groups in total. The lowest BCUT2D eigenvalue weighted by Crippen LogP contribution is -2.11. The second-order valence-electron chi connectivity index (χ2n) is 4.17. The van der Waals surface area contributed by atoms with Gasteiger partial charge in [0.25, 0.3) is 0 Å². The molecule has 2 rings (SSSR count). The Bertz CT molecular complexity index is 450. The second-order valence-corrected chi connectivity index (χ2v) is 4.17. The van der Waals surface area contributed by atoms with Crippen LogP contribution in [0.5, 0.6) is 0 Å². The van der Waals surface area contributed by atoms with Crippen LogP contribution in [0.1, 0.15) is 17.2 Å². The molecule has 0 radical (unpaired) electrons. The number of anilines is 1. The summed E-state index contributed by atoms with van der Waals surface area (Å²) in [5.74, 6) is 0. The summed E-state index contributed by atoms with van der Waals surface area (Å²) >= 11 is 0. The van der Waals surface area contributed by atoms with Gasteiger partial charge in [-0.2, -0.15) is 0 Å². The third-order valence-electron chi connectivity index (χ3n) is 2.74. The molecule has 0 heterocycles. The average Bonchev–Trinajstić information content (AvgIpc) is 2.39. The number of hydrogen-bond donors (Lipinski definition) is 2. The molecule has 0 aliphatic rings. The standard InChI is InChI=1S/C15H17NO/c1-12-7-9-14(10-8-12)16-11-15(17)13-5-3-2-4-6-13/h2-10,15-17H,11H2,1H3/t15-/m1/s1. The van der Waals surface area contributed by atoms with Crippen LogP contribution in [0.3, 0.4) is 0 Å². The Morgan fingerprint density at radius 3 is 2.29 bits per heavy atom. The fourth-order valence-electron chi connectivity index (χ4n) is 1.68. The van der Waals surface area contributed by atoms with Gasteiger partial charge >= 0.3 is 0 Å². The van der Waals surface area contributed by atoms with E-state index >= 15 is 0 Å². The zero-order valence-electron chi connectivity index (χ0n) is 9.93. The van der Waals surface area contributed by atoms with Crippen molar-refractivity contribution in [1.82, 2.24) is 0 Å². The van der Waals surface area contributed by atoms with Crippen LogP contribution < -0.4 is 5.32 Å². The Hall–Kier alpha value is -1.80. The molecule has 0 amide bonds. The summed E-state index contributed by atoms with van der Waals surface area (Å²) in [4.78, 5) is 0. The van der Waals surface area contributed by atoms with Gasteiger partial charge in [-0.05, 0) is 24.6 Å². The minimum atomic E-state index is -0.475. The molecule has 0 bridgehead atoms. The van der Waals surface area contributed by atoms with Crippen molar-refractivity contribution in [1.29, 1.82) is 0 Å². The third kappa shape index (κ3) is 3.33. The van der Waals surface area contributed by atoms with E-state index in [2.05, 4.69) is 24.4 Å². The zero-order valence-corrected chi connectivity index (χ0v) is 9.93. The number of benzene rings is 2. The summed E-state index contributed by atoms with van der Waals surface area (Å²) < 4.78 is 0. The van der Waals surface area contributed by atoms with Crippen molar-refractivity contribution < 1.29 is 5.11 Å². The van der Waals surface area contributed by atoms with Crippen molar-refractivity contribution in [3.8, 4) is 0 Å². The maximum Gasteiger partial charge on any atom is 0.0962 e. The van der Waals surface area contributed by atoms with E-state index < -0.39 is 6.10 Å². The minimum absolute atomic E-state index is 0.475. The highest BCUT2D eigenvalue weighted by molar-refractivity contribution is 5.44. The molecule has 0 aliphatic heterocycles. The van der Waals surface area contributed by atoms with E-state index in [1.54, 1.807) is 0 Å². The molecule has 0 spiro atoms. The molecule has 0 aliphatic carbocycles. The number of aliphatic hydroxyl groups is 1. The highest BCUT2D eigenvalue weighted by atomic mass is 16.3. The lowest BCUT2D eigenvalue weighted by atomic mass is 10.1. The molecule has 2 heteroatoms. The molecule has 0 aromatic heterocycles. The fraction of sp³-hybridized carbons (Fsp3) is 0.200. The van der Waals surface area contributed by atoms with Crippen molar-refractivity contribution in [2.24, 2.45) is 0 Å². The van der Waals surface area contributed by atoms with E-state index in [9.17, 15) is 5.11 Å². The van der Waals surface area contributed by atoms with E-state index in [-0.39, 0.29) is 0 Å². The Kier molecular flexibility index (Phi) is 3.78. The van der Waals surface area contributed by atoms with Crippen molar-refractivity contribution in [2.75, 3.05) is 11.9 Å². The highest BCUT2D eigenvalue weighted by Crippen LogP contribution is 2.14. The van der Waals surface area contributed by atoms with E-state index in [1.807, 2.05) is 42.5 Å². The highest BCUT2D eigenvalue weighted by Gasteiger charge is 2.05. The SMILES string of the molecule is Cc1ccc(NC[C@@H](O)c2ccccc2)cc1. The number of rotatable bonds is 4. The molecule has 0 fully saturated rings. The summed E-state index contributed by atoms with van der Waals surface area (Å²) in [6.07, 6.45) is -0.475. The van der Waals surface area contributed by atoms with Crippen LogP contribution in [-0.4, -0.2) is 11.7 Å². The Labute approximate surface area is 102 Å². The molecule has 88 valence electrons. The zero-order chi connectivity index (χ0) is 12.1. The van der Waals surface area contributed by atoms with Gasteiger partial charge in [0.1, 0.15) is 0 Å². The van der Waals surface area contributed by atoms with Crippen molar-refractivity contribution in [3.63, 3.8) is 0 Å². The Morgan fingerprint density at radius 1 is 1.00 bits per heavy atom. The normalized spacial score (nSPS) is 12.1. The number of aliphatic hydroxyl groups excluding tert-OH is 1. The van der Waals surface area contributed by atoms with E-state index in [0.29, 0.717) is 6.54 Å². The van der Waals surface area contributed by atoms with Gasteiger partial charge in [0.15, 0.2) is 0 Å². The molecule has 17 heavy (non-hydrogen) atoms. The second kappa shape index (κ2) is 5.51. The molecule has 0 unspecified atom stereocenters. The van der Waals surface area contributed by atoms with Gasteiger partial charge in [-0.15, -0.1) is 0 Å². The predicted molar refractivity (Wildman–Crippen MR) is 71.1 cm³/mol. The Morgan fingerprint density at radius 2 is 1.65 bits per heavy atom. The lowest BCUT2D eigenvalue weighted by molar-refractivity contribution is 0.191. The topological polar surface area (TPSA) is 32.3 Å². The molecule has 2 aromatic rings. The lowest BCUT2D eigenvalue weighted by Gasteiger charge is -2.13. The summed E-state index contributed by atoms with van der Waals surface area (Å²) in [5, 5.41) is 13.2. The van der Waals surface area contributed by atoms with Gasteiger partial charge in [-0.3, -0.25) is 0 Å². The predicted octanol–water partition coefficient (Wildman–Crippen LogP) is 3.14. The monoisotopic (exact) mass is 227 g/mol. The quantitative estimate of drug-likeness (QED) is 0.841. The van der Waals surface area contributed by atoms with Crippen molar-refractivity contribution in [2.45, 2.75) is 13.0 Å². The van der Waals surface area contributed by atoms with Crippen LogP contribution in [0.15, 0.2) is 54.6 Å². The van der Waals surface area contributed by atoms with Gasteiger partial charge in [-0.1, -0.05) is 48.0 Å². The first-order valence-electron chi connectivity index (χ1n) is 5.79. The summed E-state index contributed by atoms with van der Waals surface area (Å²) in [6, 6.07) is 17.8. The maximum atomic E-state index is 9.97. The van der Waals surface area contributed by atoms with Gasteiger partial charge in [-0.25, -0.2) is 0 Å². The van der Waals surface area contributed by atoms with Crippen LogP contribution >= 0.6 is 0 Å². The first kappa shape index (κ1) is 11.7. The third-order valence-corrected chi connectivity index (χ3v) is 2.74. The summed E-state index contributed by atoms with van der Waals surface area (Å²) in [5.41, 5.74) is 3.21. The molecular weight excluding hydrogens is 210 g/mol. The first-order chi connectivity index (χ1) is 8.25. The number of hydrogen-bond acceptors (Lipinski definition) is 2. The van der Waals surface area contributed by atoms with Crippen LogP contribution in [0.25, 0.3) is 0 Å². The van der Waals surface area contributed by atoms with E-state index in [4.69, 9.17) is 0 Å². The van der Waals surface area contributed by atoms with Gasteiger partial charge in [0.05, 0.1) is 6.10 Å². The van der Waals surface area contributed by atoms with Crippen LogP contribution in [0.2, 0.25) is 0 Å². The molecular formula is C15H17NO. The molecule has 2 aromatic carbocycles. The molecule has 1 atom stereocenters. The minimum Gasteiger partial charge on any atom is -0.387 e. The fourth-order valence-corrected chi connectivity index (χ4v) is 1.68. The van der Waals surface area contributed by atoms with Gasteiger partial charge in [0.2, 0.25) is 0 Å². The van der Waals surface area contributed by atoms with Gasteiger partial charge in [0, 0.05) is 12.2 Å².